The quantitative estimate of drug-likeness (QED) is 0.825. The van der Waals surface area contributed by atoms with Crippen molar-refractivity contribution in [3.8, 4) is 5.75 Å². The van der Waals surface area contributed by atoms with Crippen molar-refractivity contribution in [1.29, 1.82) is 0 Å². The lowest BCUT2D eigenvalue weighted by Crippen LogP contribution is -2.21. The molecule has 0 fully saturated rings. The van der Waals surface area contributed by atoms with Gasteiger partial charge in [-0.05, 0) is 57.9 Å². The number of hydrogen-bond acceptors (Lipinski definition) is 3. The molecule has 0 amide bonds. The molecule has 0 aliphatic rings. The summed E-state index contributed by atoms with van der Waals surface area (Å²) in [5.74, 6) is 0.259. The van der Waals surface area contributed by atoms with Crippen molar-refractivity contribution in [3.63, 3.8) is 0 Å². The van der Waals surface area contributed by atoms with Crippen LogP contribution in [0.5, 0.6) is 5.75 Å². The Balaban J connectivity index is 2.06. The maximum absolute atomic E-state index is 13.6. The third-order valence-electron chi connectivity index (χ3n) is 3.01. The van der Waals surface area contributed by atoms with Gasteiger partial charge in [0.05, 0.1) is 4.88 Å². The Bertz CT molecular complexity index is 573. The van der Waals surface area contributed by atoms with Crippen LogP contribution in [0.25, 0.3) is 0 Å². The van der Waals surface area contributed by atoms with Crippen molar-refractivity contribution in [1.82, 2.24) is 0 Å². The average Bonchev–Trinajstić information content (AvgIpc) is 2.81. The van der Waals surface area contributed by atoms with Crippen molar-refractivity contribution in [3.05, 3.63) is 50.4 Å². The Morgan fingerprint density at radius 3 is 2.85 bits per heavy atom. The monoisotopic (exact) mass is 357 g/mol. The molecule has 0 bridgehead atoms. The Labute approximate surface area is 130 Å². The summed E-state index contributed by atoms with van der Waals surface area (Å²) in [6, 6.07) is 6.81. The van der Waals surface area contributed by atoms with E-state index in [1.807, 2.05) is 24.4 Å². The molecule has 2 rings (SSSR count). The maximum atomic E-state index is 13.6. The van der Waals surface area contributed by atoms with Gasteiger partial charge in [-0.25, -0.2) is 4.39 Å². The summed E-state index contributed by atoms with van der Waals surface area (Å²) in [5.41, 5.74) is 6.78. The normalized spacial score (nSPS) is 12.4. The van der Waals surface area contributed by atoms with E-state index < -0.39 is 0 Å². The molecular formula is C15H17BrFNOS. The van der Waals surface area contributed by atoms with Crippen LogP contribution in [-0.4, -0.2) is 6.04 Å². The number of ether oxygens (including phenoxy) is 1. The van der Waals surface area contributed by atoms with Crippen LogP contribution in [0.4, 0.5) is 4.39 Å². The minimum atomic E-state index is -0.286. The molecular weight excluding hydrogens is 341 g/mol. The summed E-state index contributed by atoms with van der Waals surface area (Å²) < 4.78 is 20.3. The molecule has 5 heteroatoms. The zero-order valence-corrected chi connectivity index (χ0v) is 13.6. The smallest absolute Gasteiger partial charge is 0.127 e. The number of thiophene rings is 1. The summed E-state index contributed by atoms with van der Waals surface area (Å²) in [6.45, 7) is 2.46. The Hall–Kier alpha value is -0.910. The van der Waals surface area contributed by atoms with Crippen LogP contribution in [-0.2, 0) is 13.0 Å². The Kier molecular flexibility index (Phi) is 5.57. The maximum Gasteiger partial charge on any atom is 0.127 e. The number of hydrogen-bond donors (Lipinski definition) is 1. The molecule has 1 aromatic heterocycles. The van der Waals surface area contributed by atoms with E-state index in [4.69, 9.17) is 10.5 Å². The van der Waals surface area contributed by atoms with E-state index in [0.717, 1.165) is 21.3 Å². The average molecular weight is 358 g/mol. The number of benzene rings is 1. The van der Waals surface area contributed by atoms with E-state index in [9.17, 15) is 4.39 Å². The van der Waals surface area contributed by atoms with E-state index >= 15 is 0 Å². The van der Waals surface area contributed by atoms with Crippen molar-refractivity contribution in [2.24, 2.45) is 5.73 Å². The molecule has 2 nitrogen and oxygen atoms in total. The van der Waals surface area contributed by atoms with Gasteiger partial charge in [0.1, 0.15) is 18.2 Å². The van der Waals surface area contributed by atoms with Crippen molar-refractivity contribution >= 4 is 27.3 Å². The largest absolute Gasteiger partial charge is 0.488 e. The fourth-order valence-electron chi connectivity index (χ4n) is 1.85. The van der Waals surface area contributed by atoms with Gasteiger partial charge in [0.2, 0.25) is 0 Å². The van der Waals surface area contributed by atoms with Gasteiger partial charge in [0, 0.05) is 16.6 Å². The van der Waals surface area contributed by atoms with Gasteiger partial charge in [-0.2, -0.15) is 0 Å². The molecule has 1 atom stereocenters. The van der Waals surface area contributed by atoms with Crippen LogP contribution in [0.1, 0.15) is 23.8 Å². The number of halogens is 2. The lowest BCUT2D eigenvalue weighted by atomic mass is 10.0. The molecule has 2 aromatic rings. The van der Waals surface area contributed by atoms with Gasteiger partial charge < -0.3 is 10.5 Å². The van der Waals surface area contributed by atoms with Crippen LogP contribution in [0.2, 0.25) is 0 Å². The molecule has 0 saturated heterocycles. The predicted octanol–water partition coefficient (Wildman–Crippen LogP) is 4.51. The second-order valence-corrected chi connectivity index (χ2v) is 6.50. The first-order chi connectivity index (χ1) is 9.58. The van der Waals surface area contributed by atoms with E-state index in [-0.39, 0.29) is 11.9 Å². The van der Waals surface area contributed by atoms with Gasteiger partial charge in [-0.1, -0.05) is 6.92 Å². The lowest BCUT2D eigenvalue weighted by Gasteiger charge is -2.11. The van der Waals surface area contributed by atoms with Crippen LogP contribution in [0.3, 0.4) is 0 Å². The first-order valence-corrected chi connectivity index (χ1v) is 8.15. The first kappa shape index (κ1) is 15.5. The number of nitrogens with two attached hydrogens (primary N) is 1. The molecule has 0 aliphatic heterocycles. The van der Waals surface area contributed by atoms with Gasteiger partial charge in [-0.15, -0.1) is 11.3 Å². The highest BCUT2D eigenvalue weighted by atomic mass is 79.9. The SMILES string of the molecule is CCC(N)Cc1cc(F)cc(OCc2sccc2Br)c1. The minimum Gasteiger partial charge on any atom is -0.488 e. The third kappa shape index (κ3) is 4.30. The fourth-order valence-corrected chi connectivity index (χ4v) is 3.22. The zero-order chi connectivity index (χ0) is 14.5. The molecule has 0 aliphatic carbocycles. The van der Waals surface area contributed by atoms with Crippen LogP contribution < -0.4 is 10.5 Å². The Morgan fingerprint density at radius 1 is 1.40 bits per heavy atom. The predicted molar refractivity (Wildman–Crippen MR) is 84.7 cm³/mol. The molecule has 0 spiro atoms. The molecule has 0 radical (unpaired) electrons. The Morgan fingerprint density at radius 2 is 2.20 bits per heavy atom. The second kappa shape index (κ2) is 7.20. The first-order valence-electron chi connectivity index (χ1n) is 6.48. The third-order valence-corrected chi connectivity index (χ3v) is 4.91. The van der Waals surface area contributed by atoms with Gasteiger partial charge in [0.25, 0.3) is 0 Å². The van der Waals surface area contributed by atoms with E-state index in [1.54, 1.807) is 11.3 Å². The zero-order valence-electron chi connectivity index (χ0n) is 11.2. The highest BCUT2D eigenvalue weighted by Gasteiger charge is 2.07. The summed E-state index contributed by atoms with van der Waals surface area (Å²) in [6.07, 6.45) is 1.53. The molecule has 1 aromatic carbocycles. The van der Waals surface area contributed by atoms with Crippen molar-refractivity contribution in [2.45, 2.75) is 32.4 Å². The highest BCUT2D eigenvalue weighted by Crippen LogP contribution is 2.25. The van der Waals surface area contributed by atoms with E-state index in [1.165, 1.54) is 12.1 Å². The lowest BCUT2D eigenvalue weighted by molar-refractivity contribution is 0.307. The van der Waals surface area contributed by atoms with Gasteiger partial charge in [-0.3, -0.25) is 0 Å². The summed E-state index contributed by atoms with van der Waals surface area (Å²) >= 11 is 5.06. The fraction of sp³-hybridized carbons (Fsp3) is 0.333. The molecule has 0 saturated carbocycles. The highest BCUT2D eigenvalue weighted by molar-refractivity contribution is 9.10. The van der Waals surface area contributed by atoms with Crippen LogP contribution in [0.15, 0.2) is 34.1 Å². The molecule has 2 N–H and O–H groups in total. The van der Waals surface area contributed by atoms with Crippen LogP contribution in [0, 0.1) is 5.82 Å². The van der Waals surface area contributed by atoms with E-state index in [0.29, 0.717) is 18.8 Å². The molecule has 1 unspecified atom stereocenters. The molecule has 108 valence electrons. The minimum absolute atomic E-state index is 0.0519. The van der Waals surface area contributed by atoms with Crippen molar-refractivity contribution in [2.75, 3.05) is 0 Å². The second-order valence-electron chi connectivity index (χ2n) is 4.65. The summed E-state index contributed by atoms with van der Waals surface area (Å²) in [5, 5.41) is 1.99. The van der Waals surface area contributed by atoms with E-state index in [2.05, 4.69) is 15.9 Å². The summed E-state index contributed by atoms with van der Waals surface area (Å²) in [4.78, 5) is 1.08. The molecule has 1 heterocycles. The van der Waals surface area contributed by atoms with Crippen LogP contribution >= 0.6 is 27.3 Å². The topological polar surface area (TPSA) is 35.2 Å². The number of rotatable bonds is 6. The standard InChI is InChI=1S/C15H17BrFNOS/c1-2-12(18)6-10-5-11(17)8-13(7-10)19-9-15-14(16)3-4-20-15/h3-5,7-8,12H,2,6,9,18H2,1H3. The van der Waals surface area contributed by atoms with Gasteiger partial charge >= 0.3 is 0 Å². The molecule has 20 heavy (non-hydrogen) atoms. The summed E-state index contributed by atoms with van der Waals surface area (Å²) in [7, 11) is 0. The van der Waals surface area contributed by atoms with Gasteiger partial charge in [0.15, 0.2) is 0 Å². The van der Waals surface area contributed by atoms with Crippen molar-refractivity contribution < 1.29 is 9.13 Å².